The van der Waals surface area contributed by atoms with E-state index in [1.807, 2.05) is 0 Å². The van der Waals surface area contributed by atoms with Crippen molar-refractivity contribution in [3.8, 4) is 0 Å². The van der Waals surface area contributed by atoms with Crippen molar-refractivity contribution >= 4 is 8.32 Å². The van der Waals surface area contributed by atoms with Crippen LogP contribution in [0.4, 0.5) is 0 Å². The number of fused-ring (bicyclic) bond motifs is 3. The Hall–Kier alpha value is 0.0569. The van der Waals surface area contributed by atoms with Gasteiger partial charge in [-0.2, -0.15) is 9.78 Å². The Morgan fingerprint density at radius 1 is 0.903 bits per heavy atom. The van der Waals surface area contributed by atoms with Gasteiger partial charge in [0.05, 0.1) is 6.10 Å². The molecule has 7 atom stereocenters. The van der Waals surface area contributed by atoms with Crippen molar-refractivity contribution < 1.29 is 18.9 Å². The van der Waals surface area contributed by atoms with Crippen LogP contribution >= 0.6 is 0 Å². The molecule has 0 amide bonds. The summed E-state index contributed by atoms with van der Waals surface area (Å²) in [6.45, 7) is 21.1. The van der Waals surface area contributed by atoms with Gasteiger partial charge in [0, 0.05) is 24.7 Å². The van der Waals surface area contributed by atoms with Crippen LogP contribution in [0.25, 0.3) is 0 Å². The van der Waals surface area contributed by atoms with Gasteiger partial charge in [-0.05, 0) is 61.1 Å². The zero-order chi connectivity index (χ0) is 22.9. The summed E-state index contributed by atoms with van der Waals surface area (Å²) in [6.07, 6.45) is 9.23. The number of hydrogen-bond donors (Lipinski definition) is 0. The third-order valence-corrected chi connectivity index (χ3v) is 14.1. The average Bonchev–Trinajstić information content (AvgIpc) is 2.98. The van der Waals surface area contributed by atoms with E-state index in [2.05, 4.69) is 61.6 Å². The van der Waals surface area contributed by atoms with Gasteiger partial charge in [0.2, 0.25) is 11.6 Å². The lowest BCUT2D eigenvalue weighted by atomic mass is 9.64. The van der Waals surface area contributed by atoms with E-state index in [9.17, 15) is 0 Å². The van der Waals surface area contributed by atoms with E-state index in [-0.39, 0.29) is 16.6 Å². The second-order valence-corrected chi connectivity index (χ2v) is 18.7. The summed E-state index contributed by atoms with van der Waals surface area (Å²) in [6, 6.07) is 0. The normalized spacial score (nSPS) is 44.2. The van der Waals surface area contributed by atoms with Crippen LogP contribution in [0.3, 0.4) is 0 Å². The lowest BCUT2D eigenvalue weighted by Gasteiger charge is -2.50. The third kappa shape index (κ3) is 4.43. The van der Waals surface area contributed by atoms with Gasteiger partial charge in [0.25, 0.3) is 0 Å². The van der Waals surface area contributed by atoms with Crippen molar-refractivity contribution in [3.63, 3.8) is 0 Å². The molecule has 0 radical (unpaired) electrons. The van der Waals surface area contributed by atoms with Crippen LogP contribution in [0.15, 0.2) is 0 Å². The second-order valence-electron chi connectivity index (χ2n) is 14.0. The molecule has 1 heterocycles. The molecule has 2 bridgehead atoms. The fourth-order valence-electron chi connectivity index (χ4n) is 6.52. The summed E-state index contributed by atoms with van der Waals surface area (Å²) < 4.78 is 14.0. The maximum absolute atomic E-state index is 7.06. The summed E-state index contributed by atoms with van der Waals surface area (Å²) in [5.74, 6) is 0.939. The molecule has 4 nitrogen and oxygen atoms in total. The molecule has 3 aliphatic carbocycles. The topological polar surface area (TPSA) is 36.9 Å². The fraction of sp³-hybridized carbons (Fsp3) is 1.00. The summed E-state index contributed by atoms with van der Waals surface area (Å²) in [5.41, 5.74) is 0.180. The first-order valence-corrected chi connectivity index (χ1v) is 15.8. The highest BCUT2D eigenvalue weighted by Gasteiger charge is 2.64. The van der Waals surface area contributed by atoms with Gasteiger partial charge in [0.1, 0.15) is 0 Å². The lowest BCUT2D eigenvalue weighted by molar-refractivity contribution is -0.382. The van der Waals surface area contributed by atoms with Gasteiger partial charge in [0.15, 0.2) is 8.32 Å². The van der Waals surface area contributed by atoms with Crippen LogP contribution in [0.2, 0.25) is 18.1 Å². The van der Waals surface area contributed by atoms with Crippen LogP contribution in [0.5, 0.6) is 0 Å². The Morgan fingerprint density at radius 3 is 2.26 bits per heavy atom. The first-order chi connectivity index (χ1) is 14.2. The Bertz CT molecular complexity index is 663. The van der Waals surface area contributed by atoms with Gasteiger partial charge in [-0.15, -0.1) is 0 Å². The SMILES string of the molecule is CC1CC2CCCC(C2)C12OOC1(C[C@@H](O[Si](C)(C)C(C)(C)C)C[C@H](C(C)(C)C)C1)O2. The van der Waals surface area contributed by atoms with E-state index in [1.54, 1.807) is 0 Å². The first-order valence-electron chi connectivity index (χ1n) is 12.9. The largest absolute Gasteiger partial charge is 0.414 e. The molecule has 0 aromatic carbocycles. The van der Waals surface area contributed by atoms with Gasteiger partial charge in [-0.3, -0.25) is 0 Å². The minimum Gasteiger partial charge on any atom is -0.414 e. The summed E-state index contributed by atoms with van der Waals surface area (Å²) in [7, 11) is -1.88. The zero-order valence-corrected chi connectivity index (χ0v) is 22.7. The van der Waals surface area contributed by atoms with E-state index >= 15 is 0 Å². The van der Waals surface area contributed by atoms with Gasteiger partial charge < -0.3 is 9.16 Å². The molecule has 0 aromatic rings. The van der Waals surface area contributed by atoms with Crippen LogP contribution < -0.4 is 0 Å². The maximum Gasteiger partial charge on any atom is 0.210 e. The minimum absolute atomic E-state index is 0.163. The van der Waals surface area contributed by atoms with Crippen molar-refractivity contribution in [3.05, 3.63) is 0 Å². The highest BCUT2D eigenvalue weighted by molar-refractivity contribution is 6.74. The van der Waals surface area contributed by atoms with E-state index in [1.165, 1.54) is 32.1 Å². The van der Waals surface area contributed by atoms with Crippen LogP contribution in [-0.4, -0.2) is 26.0 Å². The maximum atomic E-state index is 7.06. The summed E-state index contributed by atoms with van der Waals surface area (Å²) in [5, 5.41) is 0.193. The lowest BCUT2D eigenvalue weighted by Crippen LogP contribution is -2.55. The van der Waals surface area contributed by atoms with Crippen molar-refractivity contribution in [2.75, 3.05) is 0 Å². The molecule has 3 saturated carbocycles. The molecular formula is C26H48O4Si. The van der Waals surface area contributed by atoms with Crippen molar-refractivity contribution in [2.24, 2.45) is 29.1 Å². The molecule has 4 fully saturated rings. The Labute approximate surface area is 192 Å². The Morgan fingerprint density at radius 2 is 1.61 bits per heavy atom. The highest BCUT2D eigenvalue weighted by atomic mass is 28.4. The molecule has 31 heavy (non-hydrogen) atoms. The van der Waals surface area contributed by atoms with Crippen LogP contribution in [0, 0.1) is 29.1 Å². The monoisotopic (exact) mass is 452 g/mol. The van der Waals surface area contributed by atoms with Crippen molar-refractivity contribution in [2.45, 2.75) is 136 Å². The zero-order valence-electron chi connectivity index (χ0n) is 21.7. The van der Waals surface area contributed by atoms with E-state index in [0.717, 1.165) is 25.2 Å². The predicted molar refractivity (Wildman–Crippen MR) is 127 cm³/mol. The highest BCUT2D eigenvalue weighted by Crippen LogP contribution is 2.59. The predicted octanol–water partition coefficient (Wildman–Crippen LogP) is 7.44. The van der Waals surface area contributed by atoms with Crippen LogP contribution in [0.1, 0.15) is 99.8 Å². The van der Waals surface area contributed by atoms with Crippen LogP contribution in [-0.2, 0) is 18.9 Å². The average molecular weight is 453 g/mol. The number of ether oxygens (including phenoxy) is 1. The quantitative estimate of drug-likeness (QED) is 0.322. The molecule has 5 heteroatoms. The molecule has 1 saturated heterocycles. The number of rotatable bonds is 2. The number of hydrogen-bond acceptors (Lipinski definition) is 4. The van der Waals surface area contributed by atoms with Crippen molar-refractivity contribution in [1.82, 2.24) is 0 Å². The third-order valence-electron chi connectivity index (χ3n) is 9.53. The van der Waals surface area contributed by atoms with Gasteiger partial charge >= 0.3 is 0 Å². The first kappa shape index (κ1) is 24.2. The molecule has 5 unspecified atom stereocenters. The smallest absolute Gasteiger partial charge is 0.210 e. The standard InChI is InChI=1S/C26H48O4Si/c1-18-13-19-11-10-12-20(14-19)26(18)28-25(29-30-26)16-21(23(2,3)4)15-22(17-25)27-31(8,9)24(5,6)7/h18-22H,10-17H2,1-9H3/t18?,19?,20?,21-,22-,25?,26?/m0/s1. The minimum atomic E-state index is -1.88. The van der Waals surface area contributed by atoms with E-state index in [4.69, 9.17) is 18.9 Å². The summed E-state index contributed by atoms with van der Waals surface area (Å²) >= 11 is 0. The second kappa shape index (κ2) is 7.80. The van der Waals surface area contributed by atoms with Crippen molar-refractivity contribution in [1.29, 1.82) is 0 Å². The Kier molecular flexibility index (Phi) is 6.08. The fourth-order valence-corrected chi connectivity index (χ4v) is 7.89. The molecule has 4 rings (SSSR count). The molecule has 0 aromatic heterocycles. The molecule has 4 aliphatic rings. The molecule has 0 N–H and O–H groups in total. The van der Waals surface area contributed by atoms with E-state index < -0.39 is 19.9 Å². The van der Waals surface area contributed by atoms with Gasteiger partial charge in [-0.25, -0.2) is 0 Å². The molecule has 1 aliphatic heterocycles. The molecule has 2 spiro atoms. The Balaban J connectivity index is 1.59. The van der Waals surface area contributed by atoms with E-state index in [0.29, 0.717) is 17.8 Å². The molecular weight excluding hydrogens is 404 g/mol. The van der Waals surface area contributed by atoms with Gasteiger partial charge in [-0.1, -0.05) is 61.3 Å². The molecule has 180 valence electrons. The summed E-state index contributed by atoms with van der Waals surface area (Å²) in [4.78, 5) is 12.6.